The first-order valence-corrected chi connectivity index (χ1v) is 10.8. The van der Waals surface area contributed by atoms with Gasteiger partial charge in [-0.25, -0.2) is 9.97 Å². The highest BCUT2D eigenvalue weighted by Crippen LogP contribution is 2.26. The van der Waals surface area contributed by atoms with Gasteiger partial charge in [0.05, 0.1) is 21.2 Å². The molecule has 1 aliphatic heterocycles. The standard InChI is InChI=1S/C21H22ClN5OS/c1-2-26-9-11-27(12-10-26)20(28)16-6-5-15(14-17(16)22)24-21-23-8-7-18(25-21)19-4-3-13-29-19/h3-8,13-14H,2,9-12H2,1H3,(H,23,24,25). The normalized spacial score (nSPS) is 14.8. The summed E-state index contributed by atoms with van der Waals surface area (Å²) in [6.45, 7) is 6.41. The van der Waals surface area contributed by atoms with Crippen LogP contribution in [-0.4, -0.2) is 58.4 Å². The van der Waals surface area contributed by atoms with E-state index < -0.39 is 0 Å². The number of hydrogen-bond acceptors (Lipinski definition) is 6. The number of anilines is 2. The number of amides is 1. The smallest absolute Gasteiger partial charge is 0.255 e. The lowest BCUT2D eigenvalue weighted by Gasteiger charge is -2.34. The average molecular weight is 428 g/mol. The van der Waals surface area contributed by atoms with Crippen molar-refractivity contribution in [3.05, 3.63) is 58.6 Å². The Morgan fingerprint density at radius 2 is 2.03 bits per heavy atom. The van der Waals surface area contributed by atoms with Crippen LogP contribution in [-0.2, 0) is 0 Å². The first-order valence-electron chi connectivity index (χ1n) is 9.59. The number of aromatic nitrogens is 2. The van der Waals surface area contributed by atoms with E-state index in [1.807, 2.05) is 34.5 Å². The van der Waals surface area contributed by atoms with Crippen molar-refractivity contribution in [2.75, 3.05) is 38.0 Å². The molecule has 0 bridgehead atoms. The molecule has 0 aliphatic carbocycles. The Kier molecular flexibility index (Phi) is 6.08. The molecular weight excluding hydrogens is 406 g/mol. The van der Waals surface area contributed by atoms with Crippen LogP contribution in [0.3, 0.4) is 0 Å². The van der Waals surface area contributed by atoms with Gasteiger partial charge in [0, 0.05) is 38.1 Å². The van der Waals surface area contributed by atoms with Crippen LogP contribution in [0.2, 0.25) is 5.02 Å². The molecule has 0 unspecified atom stereocenters. The predicted molar refractivity (Wildman–Crippen MR) is 118 cm³/mol. The van der Waals surface area contributed by atoms with Crippen LogP contribution in [0.4, 0.5) is 11.6 Å². The molecule has 2 aromatic heterocycles. The van der Waals surface area contributed by atoms with Crippen LogP contribution >= 0.6 is 22.9 Å². The topological polar surface area (TPSA) is 61.4 Å². The fourth-order valence-electron chi connectivity index (χ4n) is 3.31. The molecule has 3 heterocycles. The number of nitrogens with zero attached hydrogens (tertiary/aromatic N) is 4. The van der Waals surface area contributed by atoms with Crippen molar-refractivity contribution in [3.8, 4) is 10.6 Å². The lowest BCUT2D eigenvalue weighted by molar-refractivity contribution is 0.0643. The van der Waals surface area contributed by atoms with E-state index in [9.17, 15) is 4.79 Å². The van der Waals surface area contributed by atoms with E-state index in [0.29, 0.717) is 16.5 Å². The summed E-state index contributed by atoms with van der Waals surface area (Å²) in [6, 6.07) is 11.2. The van der Waals surface area contributed by atoms with Crippen molar-refractivity contribution in [1.29, 1.82) is 0 Å². The van der Waals surface area contributed by atoms with Gasteiger partial charge in [0.15, 0.2) is 0 Å². The molecule has 0 radical (unpaired) electrons. The summed E-state index contributed by atoms with van der Waals surface area (Å²) in [6.07, 6.45) is 1.72. The van der Waals surface area contributed by atoms with Gasteiger partial charge in [0.2, 0.25) is 5.95 Å². The maximum Gasteiger partial charge on any atom is 0.255 e. The van der Waals surface area contributed by atoms with Crippen molar-refractivity contribution in [2.24, 2.45) is 0 Å². The Balaban J connectivity index is 1.46. The Morgan fingerprint density at radius 3 is 2.72 bits per heavy atom. The number of benzene rings is 1. The Morgan fingerprint density at radius 1 is 1.21 bits per heavy atom. The molecule has 0 spiro atoms. The zero-order valence-corrected chi connectivity index (χ0v) is 17.7. The van der Waals surface area contributed by atoms with Gasteiger partial charge in [-0.1, -0.05) is 24.6 Å². The summed E-state index contributed by atoms with van der Waals surface area (Å²) in [5, 5.41) is 5.61. The van der Waals surface area contributed by atoms with Crippen LogP contribution in [0.15, 0.2) is 48.0 Å². The monoisotopic (exact) mass is 427 g/mol. The molecule has 8 heteroatoms. The number of rotatable bonds is 5. The fourth-order valence-corrected chi connectivity index (χ4v) is 4.27. The molecule has 150 valence electrons. The van der Waals surface area contributed by atoms with Crippen LogP contribution in [0.1, 0.15) is 17.3 Å². The van der Waals surface area contributed by atoms with Gasteiger partial charge in [-0.05, 0) is 42.3 Å². The summed E-state index contributed by atoms with van der Waals surface area (Å²) in [7, 11) is 0. The first kappa shape index (κ1) is 19.8. The summed E-state index contributed by atoms with van der Waals surface area (Å²) in [5.74, 6) is 0.468. The number of nitrogens with one attached hydrogen (secondary N) is 1. The largest absolute Gasteiger partial charge is 0.336 e. The minimum Gasteiger partial charge on any atom is -0.336 e. The number of halogens is 1. The summed E-state index contributed by atoms with van der Waals surface area (Å²) in [5.41, 5.74) is 2.13. The van der Waals surface area contributed by atoms with E-state index in [-0.39, 0.29) is 5.91 Å². The molecule has 1 amide bonds. The Hall–Kier alpha value is -2.48. The zero-order chi connectivity index (χ0) is 20.2. The average Bonchev–Trinajstić information content (AvgIpc) is 3.29. The minimum absolute atomic E-state index is 0.0201. The van der Waals surface area contributed by atoms with E-state index in [1.165, 1.54) is 0 Å². The molecule has 1 saturated heterocycles. The molecule has 29 heavy (non-hydrogen) atoms. The lowest BCUT2D eigenvalue weighted by Crippen LogP contribution is -2.48. The lowest BCUT2D eigenvalue weighted by atomic mass is 10.1. The van der Waals surface area contributed by atoms with Gasteiger partial charge >= 0.3 is 0 Å². The quantitative estimate of drug-likeness (QED) is 0.654. The third kappa shape index (κ3) is 4.58. The van der Waals surface area contributed by atoms with E-state index in [1.54, 1.807) is 29.7 Å². The molecule has 6 nitrogen and oxygen atoms in total. The van der Waals surface area contributed by atoms with Gasteiger partial charge in [-0.2, -0.15) is 0 Å². The predicted octanol–water partition coefficient (Wildman–Crippen LogP) is 4.38. The molecule has 1 aromatic carbocycles. The van der Waals surface area contributed by atoms with Crippen molar-refractivity contribution < 1.29 is 4.79 Å². The first-order chi connectivity index (χ1) is 14.1. The van der Waals surface area contributed by atoms with Gasteiger partial charge < -0.3 is 15.1 Å². The maximum atomic E-state index is 12.8. The second kappa shape index (κ2) is 8.90. The molecular formula is C21H22ClN5OS. The summed E-state index contributed by atoms with van der Waals surface area (Å²) < 4.78 is 0. The number of likely N-dealkylation sites (N-methyl/N-ethyl adjacent to an activating group) is 1. The van der Waals surface area contributed by atoms with Gasteiger partial charge in [0.25, 0.3) is 5.91 Å². The van der Waals surface area contributed by atoms with Crippen LogP contribution in [0, 0.1) is 0 Å². The van der Waals surface area contributed by atoms with Gasteiger partial charge in [-0.15, -0.1) is 11.3 Å². The third-order valence-corrected chi connectivity index (χ3v) is 6.20. The van der Waals surface area contributed by atoms with Crippen LogP contribution in [0.5, 0.6) is 0 Å². The molecule has 0 saturated carbocycles. The second-order valence-electron chi connectivity index (χ2n) is 6.79. The van der Waals surface area contributed by atoms with Crippen LogP contribution in [0.25, 0.3) is 10.6 Å². The van der Waals surface area contributed by atoms with E-state index in [4.69, 9.17) is 11.6 Å². The highest BCUT2D eigenvalue weighted by molar-refractivity contribution is 7.13. The highest BCUT2D eigenvalue weighted by atomic mass is 35.5. The number of piperazine rings is 1. The van der Waals surface area contributed by atoms with Crippen molar-refractivity contribution in [1.82, 2.24) is 19.8 Å². The second-order valence-corrected chi connectivity index (χ2v) is 8.14. The SMILES string of the molecule is CCN1CCN(C(=O)c2ccc(Nc3nccc(-c4cccs4)n3)cc2Cl)CC1. The van der Waals surface area contributed by atoms with E-state index in [0.717, 1.165) is 49.0 Å². The number of carbonyl (C=O) groups is 1. The van der Waals surface area contributed by atoms with Crippen LogP contribution < -0.4 is 5.32 Å². The fraction of sp³-hybridized carbons (Fsp3) is 0.286. The summed E-state index contributed by atoms with van der Waals surface area (Å²) in [4.78, 5) is 27.0. The van der Waals surface area contributed by atoms with Crippen molar-refractivity contribution in [3.63, 3.8) is 0 Å². The minimum atomic E-state index is -0.0201. The molecule has 3 aromatic rings. The molecule has 1 fully saturated rings. The summed E-state index contributed by atoms with van der Waals surface area (Å²) >= 11 is 8.07. The Bertz CT molecular complexity index is 986. The van der Waals surface area contributed by atoms with Crippen molar-refractivity contribution in [2.45, 2.75) is 6.92 Å². The number of hydrogen-bond donors (Lipinski definition) is 1. The molecule has 1 N–H and O–H groups in total. The third-order valence-electron chi connectivity index (χ3n) is 4.99. The maximum absolute atomic E-state index is 12.8. The molecule has 4 rings (SSSR count). The number of carbonyl (C=O) groups excluding carboxylic acids is 1. The van der Waals surface area contributed by atoms with Crippen molar-refractivity contribution >= 4 is 40.5 Å². The molecule has 1 aliphatic rings. The van der Waals surface area contributed by atoms with Gasteiger partial charge in [0.1, 0.15) is 0 Å². The van der Waals surface area contributed by atoms with E-state index in [2.05, 4.69) is 27.1 Å². The van der Waals surface area contributed by atoms with Gasteiger partial charge in [-0.3, -0.25) is 4.79 Å². The zero-order valence-electron chi connectivity index (χ0n) is 16.1. The molecule has 0 atom stereocenters. The van der Waals surface area contributed by atoms with E-state index >= 15 is 0 Å². The number of thiophene rings is 1. The highest BCUT2D eigenvalue weighted by Gasteiger charge is 2.23. The Labute approximate surface area is 179 Å².